The van der Waals surface area contributed by atoms with Gasteiger partial charge in [-0.1, -0.05) is 82.1 Å². The van der Waals surface area contributed by atoms with E-state index in [1.807, 2.05) is 6.07 Å². The third-order valence-electron chi connectivity index (χ3n) is 12.6. The Morgan fingerprint density at radius 1 is 0.849 bits per heavy atom. The van der Waals surface area contributed by atoms with Gasteiger partial charge in [-0.05, 0) is 102 Å². The van der Waals surface area contributed by atoms with Crippen LogP contribution < -0.4 is 5.32 Å². The Morgan fingerprint density at radius 3 is 1.94 bits per heavy atom. The normalized spacial score (nSPS) is 21.2. The summed E-state index contributed by atoms with van der Waals surface area (Å²) >= 11 is 0. The van der Waals surface area contributed by atoms with Crippen molar-refractivity contribution >= 4 is 36.3 Å². The second kappa shape index (κ2) is 17.4. The number of nitro groups is 1. The van der Waals surface area contributed by atoms with Crippen molar-refractivity contribution in [2.45, 2.75) is 168 Å². The molecular weight excluding hydrogens is 719 g/mol. The molecule has 0 unspecified atom stereocenters. The quantitative estimate of drug-likeness (QED) is 0.0716. The maximum absolute atomic E-state index is 11.8. The first-order valence-corrected chi connectivity index (χ1v) is 28.4. The van der Waals surface area contributed by atoms with Gasteiger partial charge in [0.15, 0.2) is 25.0 Å². The summed E-state index contributed by atoms with van der Waals surface area (Å²) in [6.45, 7) is 40.8. The van der Waals surface area contributed by atoms with Crippen LogP contribution in [0.4, 0.5) is 11.4 Å². The molecule has 0 spiro atoms. The van der Waals surface area contributed by atoms with Gasteiger partial charge in [0.25, 0.3) is 5.69 Å². The first-order valence-electron chi connectivity index (χ1n) is 19.7. The lowest BCUT2D eigenvalue weighted by atomic mass is 9.88. The van der Waals surface area contributed by atoms with Crippen LogP contribution in [0.2, 0.25) is 54.4 Å². The van der Waals surface area contributed by atoms with Gasteiger partial charge >= 0.3 is 0 Å². The Kier molecular flexibility index (Phi) is 14.9. The van der Waals surface area contributed by atoms with Crippen LogP contribution >= 0.6 is 0 Å². The van der Waals surface area contributed by atoms with E-state index in [0.29, 0.717) is 23.9 Å². The van der Waals surface area contributed by atoms with E-state index in [1.165, 1.54) is 11.0 Å². The topological polar surface area (TPSA) is 130 Å². The smallest absolute Gasteiger partial charge is 0.297 e. The highest BCUT2D eigenvalue weighted by molar-refractivity contribution is 6.75. The molecule has 0 saturated carbocycles. The Bertz CT molecular complexity index is 1470. The SMILES string of the molecule is C[C@H]1CN(CCCCCCNc2ccc(-n3cnnn3)c([N+](=O)[O-])c2)[C@H](CO[Si](C)(C)C(C)(C)C)[C@@H](O[Si](C)(C)C(C)(C)C)[C@@H]1O[Si](C)(C)C(C)(C)C. The second-order valence-corrected chi connectivity index (χ2v) is 34.2. The third-order valence-corrected chi connectivity index (χ3v) is 26.1. The average molecular weight is 792 g/mol. The van der Waals surface area contributed by atoms with E-state index >= 15 is 0 Å². The van der Waals surface area contributed by atoms with Gasteiger partial charge in [0.2, 0.25) is 0 Å². The third kappa shape index (κ3) is 11.7. The van der Waals surface area contributed by atoms with Crippen molar-refractivity contribution in [3.63, 3.8) is 0 Å². The molecule has 53 heavy (non-hydrogen) atoms. The van der Waals surface area contributed by atoms with E-state index in [2.05, 4.69) is 134 Å². The lowest BCUT2D eigenvalue weighted by molar-refractivity contribution is -0.384. The van der Waals surface area contributed by atoms with E-state index in [-0.39, 0.29) is 39.1 Å². The molecule has 1 saturated heterocycles. The van der Waals surface area contributed by atoms with Crippen LogP contribution in [0.15, 0.2) is 24.5 Å². The molecule has 12 nitrogen and oxygen atoms in total. The summed E-state index contributed by atoms with van der Waals surface area (Å²) in [6, 6.07) is 5.16. The Hall–Kier alpha value is -2.02. The summed E-state index contributed by atoms with van der Waals surface area (Å²) in [6.07, 6.45) is 5.50. The van der Waals surface area contributed by atoms with E-state index in [1.54, 1.807) is 12.1 Å². The second-order valence-electron chi connectivity index (χ2n) is 19.9. The van der Waals surface area contributed by atoms with Crippen molar-refractivity contribution in [1.82, 2.24) is 25.1 Å². The number of hydrogen-bond donors (Lipinski definition) is 1. The molecule has 0 aliphatic carbocycles. The predicted octanol–water partition coefficient (Wildman–Crippen LogP) is 9.67. The van der Waals surface area contributed by atoms with Crippen molar-refractivity contribution in [1.29, 1.82) is 0 Å². The maximum atomic E-state index is 11.8. The van der Waals surface area contributed by atoms with Gasteiger partial charge in [-0.3, -0.25) is 15.0 Å². The van der Waals surface area contributed by atoms with Crippen molar-refractivity contribution < 1.29 is 18.2 Å². The molecule has 1 aliphatic rings. The molecule has 1 N–H and O–H groups in total. The summed E-state index contributed by atoms with van der Waals surface area (Å²) in [5.41, 5.74) is 1.00. The molecule has 2 heterocycles. The van der Waals surface area contributed by atoms with Crippen LogP contribution in [0.5, 0.6) is 0 Å². The van der Waals surface area contributed by atoms with E-state index in [9.17, 15) is 10.1 Å². The molecule has 1 aliphatic heterocycles. The number of nitro benzene ring substituents is 1. The van der Waals surface area contributed by atoms with Crippen LogP contribution in [0, 0.1) is 16.0 Å². The fraction of sp³-hybridized carbons (Fsp3) is 0.816. The average Bonchev–Trinajstić information content (AvgIpc) is 3.55. The largest absolute Gasteiger partial charge is 0.415 e. The molecule has 302 valence electrons. The monoisotopic (exact) mass is 791 g/mol. The maximum Gasteiger partial charge on any atom is 0.297 e. The number of benzene rings is 1. The summed E-state index contributed by atoms with van der Waals surface area (Å²) in [4.78, 5) is 14.0. The molecular formula is C38H73N7O5Si3. The summed E-state index contributed by atoms with van der Waals surface area (Å²) in [5, 5.41) is 26.4. The number of rotatable bonds is 17. The van der Waals surface area contributed by atoms with Gasteiger partial charge in [-0.25, -0.2) is 0 Å². The zero-order chi connectivity index (χ0) is 40.2. The summed E-state index contributed by atoms with van der Waals surface area (Å²) in [7, 11) is -6.29. The minimum absolute atomic E-state index is 0.0122. The standard InChI is InChI=1S/C38H73N7O5Si3/c1-29-26-43(24-20-18-17-19-23-39-30-21-22-31(32(25-30)45(46)47)44-28-40-41-42-44)33(27-48-51(11,12)36(2,3)4)35(50-53(15,16)38(8,9)10)34(29)49-52(13,14)37(5,6)7/h21-22,25,28-29,33-35,39H,17-20,23-24,26-27H2,1-16H3/t29-,33+,34+,35+/m0/s1. The van der Waals surface area contributed by atoms with Gasteiger partial charge in [0.1, 0.15) is 12.0 Å². The highest BCUT2D eigenvalue weighted by atomic mass is 28.4. The van der Waals surface area contributed by atoms with Gasteiger partial charge in [-0.15, -0.1) is 5.10 Å². The first-order chi connectivity index (χ1) is 24.2. The lowest BCUT2D eigenvalue weighted by Crippen LogP contribution is -2.66. The number of likely N-dealkylation sites (tertiary alicyclic amines) is 1. The molecule has 0 amide bonds. The number of piperidine rings is 1. The Morgan fingerprint density at radius 2 is 1.42 bits per heavy atom. The van der Waals surface area contributed by atoms with Crippen LogP contribution in [-0.4, -0.2) is 99.5 Å². The molecule has 15 heteroatoms. The molecule has 0 radical (unpaired) electrons. The number of tetrazole rings is 1. The van der Waals surface area contributed by atoms with E-state index in [0.717, 1.165) is 45.3 Å². The molecule has 4 atom stereocenters. The molecule has 1 aromatic heterocycles. The molecule has 1 aromatic carbocycles. The number of anilines is 1. The first kappa shape index (κ1) is 45.4. The number of hydrogen-bond acceptors (Lipinski definition) is 10. The molecule has 2 aromatic rings. The van der Waals surface area contributed by atoms with E-state index < -0.39 is 29.9 Å². The minimum Gasteiger partial charge on any atom is -0.415 e. The van der Waals surface area contributed by atoms with Crippen molar-refractivity contribution in [2.75, 3.05) is 31.6 Å². The highest BCUT2D eigenvalue weighted by Crippen LogP contribution is 2.44. The van der Waals surface area contributed by atoms with Gasteiger partial charge in [0.05, 0.1) is 29.8 Å². The number of aromatic nitrogens is 4. The zero-order valence-corrected chi connectivity index (χ0v) is 39.0. The van der Waals surface area contributed by atoms with Crippen LogP contribution in [0.3, 0.4) is 0 Å². The number of unbranched alkanes of at least 4 members (excludes halogenated alkanes) is 3. The van der Waals surface area contributed by atoms with Gasteiger partial charge in [0, 0.05) is 24.8 Å². The van der Waals surface area contributed by atoms with Crippen molar-refractivity contribution in [3.05, 3.63) is 34.6 Å². The van der Waals surface area contributed by atoms with E-state index in [4.69, 9.17) is 13.3 Å². The van der Waals surface area contributed by atoms with Gasteiger partial charge < -0.3 is 18.6 Å². The minimum atomic E-state index is -2.17. The van der Waals surface area contributed by atoms with Crippen LogP contribution in [-0.2, 0) is 13.3 Å². The Labute approximate surface area is 324 Å². The van der Waals surface area contributed by atoms with Crippen molar-refractivity contribution in [3.8, 4) is 5.69 Å². The number of nitrogens with zero attached hydrogens (tertiary/aromatic N) is 6. The van der Waals surface area contributed by atoms with Crippen molar-refractivity contribution in [2.24, 2.45) is 5.92 Å². The molecule has 1 fully saturated rings. The predicted molar refractivity (Wildman–Crippen MR) is 225 cm³/mol. The van der Waals surface area contributed by atoms with Gasteiger partial charge in [-0.2, -0.15) is 4.68 Å². The summed E-state index contributed by atoms with van der Waals surface area (Å²) < 4.78 is 23.2. The molecule has 3 rings (SSSR count). The lowest BCUT2D eigenvalue weighted by Gasteiger charge is -2.54. The fourth-order valence-corrected chi connectivity index (χ4v) is 9.71. The van der Waals surface area contributed by atoms with Crippen LogP contribution in [0.1, 0.15) is 94.9 Å². The zero-order valence-electron chi connectivity index (χ0n) is 36.0. The summed E-state index contributed by atoms with van der Waals surface area (Å²) in [5.74, 6) is 0.323. The Balaban J connectivity index is 1.75. The molecule has 0 bridgehead atoms. The fourth-order valence-electron chi connectivity index (χ4n) is 5.96. The number of nitrogens with one attached hydrogen (secondary N) is 1. The van der Waals surface area contributed by atoms with Crippen LogP contribution in [0.25, 0.3) is 5.69 Å². The highest BCUT2D eigenvalue weighted by Gasteiger charge is 2.52.